The van der Waals surface area contributed by atoms with Crippen LogP contribution in [-0.4, -0.2) is 31.9 Å². The van der Waals surface area contributed by atoms with Crippen LogP contribution in [0.3, 0.4) is 0 Å². The fourth-order valence-electron chi connectivity index (χ4n) is 4.60. The number of aromatic nitrogens is 3. The highest BCUT2D eigenvalue weighted by Crippen LogP contribution is 2.33. The molecule has 1 aliphatic carbocycles. The van der Waals surface area contributed by atoms with E-state index in [4.69, 9.17) is 4.98 Å². The van der Waals surface area contributed by atoms with Gasteiger partial charge in [-0.25, -0.2) is 9.97 Å². The fourth-order valence-corrected chi connectivity index (χ4v) is 4.60. The molecule has 3 aromatic rings. The molecule has 0 saturated heterocycles. The highest BCUT2D eigenvalue weighted by molar-refractivity contribution is 5.95. The minimum Gasteiger partial charge on any atom is -0.331 e. The number of rotatable bonds is 6. The summed E-state index contributed by atoms with van der Waals surface area (Å²) < 4.78 is 2.31. The van der Waals surface area contributed by atoms with E-state index in [0.29, 0.717) is 25.0 Å². The maximum absolute atomic E-state index is 13.6. The summed E-state index contributed by atoms with van der Waals surface area (Å²) in [5, 5.41) is 0. The predicted octanol–water partition coefficient (Wildman–Crippen LogP) is 5.46. The number of benzene rings is 1. The molecule has 2 aromatic heterocycles. The molecule has 4 rings (SSSR count). The monoisotopic (exact) mass is 404 g/mol. The number of pyridine rings is 1. The fraction of sp³-hybridized carbons (Fsp3) is 0.480. The van der Waals surface area contributed by atoms with Crippen LogP contribution in [0.2, 0.25) is 0 Å². The summed E-state index contributed by atoms with van der Waals surface area (Å²) in [5.41, 5.74) is 4.78. The van der Waals surface area contributed by atoms with Crippen LogP contribution in [0.15, 0.2) is 36.5 Å². The van der Waals surface area contributed by atoms with Gasteiger partial charge in [0.1, 0.15) is 11.3 Å². The van der Waals surface area contributed by atoms with Crippen molar-refractivity contribution in [2.45, 2.75) is 66.0 Å². The van der Waals surface area contributed by atoms with Gasteiger partial charge >= 0.3 is 0 Å². The summed E-state index contributed by atoms with van der Waals surface area (Å²) in [6, 6.07) is 10.5. The Bertz CT molecular complexity index is 1050. The number of aryl methyl sites for hydroxylation is 2. The third-order valence-electron chi connectivity index (χ3n) is 6.04. The first-order valence-electron chi connectivity index (χ1n) is 11.1. The van der Waals surface area contributed by atoms with Gasteiger partial charge in [0.05, 0.1) is 6.54 Å². The number of nitrogens with zero attached hydrogens (tertiary/aromatic N) is 4. The van der Waals surface area contributed by atoms with Gasteiger partial charge < -0.3 is 9.47 Å². The number of amides is 1. The quantitative estimate of drug-likeness (QED) is 0.548. The number of carbonyl (C=O) groups excluding carboxylic acids is 1. The molecule has 1 aliphatic rings. The van der Waals surface area contributed by atoms with E-state index in [1.807, 2.05) is 49.2 Å². The summed E-state index contributed by atoms with van der Waals surface area (Å²) in [7, 11) is 0. The highest BCUT2D eigenvalue weighted by atomic mass is 16.2. The lowest BCUT2D eigenvalue weighted by Gasteiger charge is -2.26. The van der Waals surface area contributed by atoms with Gasteiger partial charge in [-0.05, 0) is 56.4 Å². The smallest absolute Gasteiger partial charge is 0.254 e. The van der Waals surface area contributed by atoms with Crippen LogP contribution in [0.1, 0.15) is 72.9 Å². The molecule has 5 nitrogen and oxygen atoms in total. The molecule has 2 heterocycles. The Morgan fingerprint density at radius 2 is 1.97 bits per heavy atom. The van der Waals surface area contributed by atoms with Crippen molar-refractivity contribution in [2.75, 3.05) is 6.54 Å². The third-order valence-corrected chi connectivity index (χ3v) is 6.04. The number of imidazole rings is 1. The molecule has 0 aliphatic heterocycles. The van der Waals surface area contributed by atoms with Crippen LogP contribution >= 0.6 is 0 Å². The van der Waals surface area contributed by atoms with Crippen molar-refractivity contribution in [1.82, 2.24) is 19.4 Å². The van der Waals surface area contributed by atoms with Crippen LogP contribution in [-0.2, 0) is 6.54 Å². The van der Waals surface area contributed by atoms with Gasteiger partial charge in [-0.2, -0.15) is 0 Å². The Morgan fingerprint density at radius 3 is 2.70 bits per heavy atom. The van der Waals surface area contributed by atoms with Crippen molar-refractivity contribution in [3.8, 4) is 0 Å². The molecule has 0 radical (unpaired) electrons. The third kappa shape index (κ3) is 4.11. The molecule has 5 heteroatoms. The van der Waals surface area contributed by atoms with E-state index in [1.54, 1.807) is 0 Å². The van der Waals surface area contributed by atoms with Crippen molar-refractivity contribution in [3.05, 3.63) is 59.0 Å². The Labute approximate surface area is 179 Å². The molecule has 0 N–H and O–H groups in total. The van der Waals surface area contributed by atoms with E-state index in [2.05, 4.69) is 29.5 Å². The molecule has 0 spiro atoms. The van der Waals surface area contributed by atoms with E-state index in [1.165, 1.54) is 12.8 Å². The molecule has 1 fully saturated rings. The van der Waals surface area contributed by atoms with E-state index in [9.17, 15) is 4.79 Å². The summed E-state index contributed by atoms with van der Waals surface area (Å²) in [6.45, 7) is 9.58. The van der Waals surface area contributed by atoms with Crippen LogP contribution in [0.25, 0.3) is 11.2 Å². The minimum absolute atomic E-state index is 0.0860. The van der Waals surface area contributed by atoms with E-state index in [0.717, 1.165) is 46.5 Å². The van der Waals surface area contributed by atoms with Gasteiger partial charge in [0.2, 0.25) is 0 Å². The average molecular weight is 405 g/mol. The number of fused-ring (bicyclic) bond motifs is 1. The highest BCUT2D eigenvalue weighted by Gasteiger charge is 2.26. The Hall–Kier alpha value is -2.69. The van der Waals surface area contributed by atoms with E-state index in [-0.39, 0.29) is 5.91 Å². The van der Waals surface area contributed by atoms with Gasteiger partial charge in [0.15, 0.2) is 5.65 Å². The molecule has 30 heavy (non-hydrogen) atoms. The molecule has 0 unspecified atom stereocenters. The SMILES string of the molecule is Cc1ccc(C)c(C(=O)N(Cc2nc3cccnc3n2C2CCCC2)CC(C)C)c1. The van der Waals surface area contributed by atoms with Gasteiger partial charge in [0, 0.05) is 24.3 Å². The van der Waals surface area contributed by atoms with Gasteiger partial charge in [-0.3, -0.25) is 4.79 Å². The summed E-state index contributed by atoms with van der Waals surface area (Å²) >= 11 is 0. The van der Waals surface area contributed by atoms with Crippen LogP contribution in [0, 0.1) is 19.8 Å². The lowest BCUT2D eigenvalue weighted by Crippen LogP contribution is -2.35. The lowest BCUT2D eigenvalue weighted by molar-refractivity contribution is 0.0714. The average Bonchev–Trinajstić information content (AvgIpc) is 3.35. The molecule has 0 atom stereocenters. The molecular weight excluding hydrogens is 372 g/mol. The van der Waals surface area contributed by atoms with Crippen molar-refractivity contribution in [1.29, 1.82) is 0 Å². The second kappa shape index (κ2) is 8.58. The van der Waals surface area contributed by atoms with Crippen LogP contribution in [0.5, 0.6) is 0 Å². The van der Waals surface area contributed by atoms with Crippen LogP contribution < -0.4 is 0 Å². The molecule has 1 aromatic carbocycles. The second-order valence-electron chi connectivity index (χ2n) is 9.08. The predicted molar refractivity (Wildman–Crippen MR) is 121 cm³/mol. The van der Waals surface area contributed by atoms with Crippen molar-refractivity contribution < 1.29 is 4.79 Å². The number of hydrogen-bond donors (Lipinski definition) is 0. The molecule has 1 amide bonds. The second-order valence-corrected chi connectivity index (χ2v) is 9.08. The normalized spacial score (nSPS) is 14.7. The lowest BCUT2D eigenvalue weighted by atomic mass is 10.0. The number of hydrogen-bond acceptors (Lipinski definition) is 3. The molecule has 158 valence electrons. The first-order valence-corrected chi connectivity index (χ1v) is 11.1. The first-order chi connectivity index (χ1) is 14.4. The zero-order valence-corrected chi connectivity index (χ0v) is 18.6. The van der Waals surface area contributed by atoms with E-state index < -0.39 is 0 Å². The van der Waals surface area contributed by atoms with Crippen molar-refractivity contribution in [3.63, 3.8) is 0 Å². The standard InChI is InChI=1S/C25H32N4O/c1-17(2)15-28(25(30)21-14-18(3)11-12-19(21)4)16-23-27-22-10-7-13-26-24(22)29(23)20-8-5-6-9-20/h7,10-14,17,20H,5-6,8-9,15-16H2,1-4H3. The van der Waals surface area contributed by atoms with Gasteiger partial charge in [-0.15, -0.1) is 0 Å². The van der Waals surface area contributed by atoms with Crippen molar-refractivity contribution >= 4 is 17.1 Å². The van der Waals surface area contributed by atoms with Gasteiger partial charge in [-0.1, -0.05) is 44.4 Å². The van der Waals surface area contributed by atoms with E-state index >= 15 is 0 Å². The van der Waals surface area contributed by atoms with Crippen molar-refractivity contribution in [2.24, 2.45) is 5.92 Å². The Morgan fingerprint density at radius 1 is 1.20 bits per heavy atom. The summed E-state index contributed by atoms with van der Waals surface area (Å²) in [6.07, 6.45) is 6.64. The molecule has 1 saturated carbocycles. The maximum atomic E-state index is 13.6. The Balaban J connectivity index is 1.73. The summed E-state index contributed by atoms with van der Waals surface area (Å²) in [4.78, 5) is 25.1. The van der Waals surface area contributed by atoms with Gasteiger partial charge in [0.25, 0.3) is 5.91 Å². The topological polar surface area (TPSA) is 51.0 Å². The largest absolute Gasteiger partial charge is 0.331 e. The van der Waals surface area contributed by atoms with Crippen LogP contribution in [0.4, 0.5) is 0 Å². The molecule has 0 bridgehead atoms. The first kappa shape index (κ1) is 20.6. The molecular formula is C25H32N4O. The maximum Gasteiger partial charge on any atom is 0.254 e. The zero-order chi connectivity index (χ0) is 21.3. The summed E-state index contributed by atoms with van der Waals surface area (Å²) in [5.74, 6) is 1.42. The number of carbonyl (C=O) groups is 1. The Kier molecular flexibility index (Phi) is 5.89. The minimum atomic E-state index is 0.0860. The zero-order valence-electron chi connectivity index (χ0n) is 18.6.